The van der Waals surface area contributed by atoms with Crippen LogP contribution in [-0.2, 0) is 0 Å². The molecule has 2 atom stereocenters. The van der Waals surface area contributed by atoms with Crippen LogP contribution in [-0.4, -0.2) is 36.1 Å². The number of rotatable bonds is 3. The first-order chi connectivity index (χ1) is 7.89. The van der Waals surface area contributed by atoms with Crippen LogP contribution in [0.3, 0.4) is 0 Å². The molecule has 100 valence electrons. The van der Waals surface area contributed by atoms with Gasteiger partial charge < -0.3 is 16.0 Å². The van der Waals surface area contributed by atoms with Crippen LogP contribution in [0.5, 0.6) is 0 Å². The van der Waals surface area contributed by atoms with E-state index >= 15 is 0 Å². The van der Waals surface area contributed by atoms with Gasteiger partial charge in [0.2, 0.25) is 0 Å². The van der Waals surface area contributed by atoms with Crippen LogP contribution in [0.4, 0.5) is 4.79 Å². The number of likely N-dealkylation sites (tertiary alicyclic amines) is 1. The maximum absolute atomic E-state index is 12.2. The summed E-state index contributed by atoms with van der Waals surface area (Å²) >= 11 is 0. The molecule has 0 radical (unpaired) electrons. The summed E-state index contributed by atoms with van der Waals surface area (Å²) in [5.74, 6) is 0.941. The molecule has 4 heteroatoms. The van der Waals surface area contributed by atoms with E-state index in [1.165, 1.54) is 6.42 Å². The van der Waals surface area contributed by atoms with Crippen molar-refractivity contribution in [2.45, 2.75) is 46.1 Å². The van der Waals surface area contributed by atoms with Crippen molar-refractivity contribution in [1.29, 1.82) is 0 Å². The largest absolute Gasteiger partial charge is 0.331 e. The monoisotopic (exact) mass is 241 g/mol. The zero-order valence-corrected chi connectivity index (χ0v) is 11.6. The van der Waals surface area contributed by atoms with Gasteiger partial charge in [0.15, 0.2) is 0 Å². The van der Waals surface area contributed by atoms with Crippen molar-refractivity contribution in [2.24, 2.45) is 17.6 Å². The molecule has 2 unspecified atom stereocenters. The molecule has 0 aromatic carbocycles. The fraction of sp³-hybridized carbons (Fsp3) is 0.923. The Labute approximate surface area is 105 Å². The van der Waals surface area contributed by atoms with Gasteiger partial charge in [0.1, 0.15) is 0 Å². The van der Waals surface area contributed by atoms with E-state index in [9.17, 15) is 4.79 Å². The summed E-state index contributed by atoms with van der Waals surface area (Å²) in [5, 5.41) is 3.09. The maximum Gasteiger partial charge on any atom is 0.317 e. The van der Waals surface area contributed by atoms with Crippen LogP contribution in [0.25, 0.3) is 0 Å². The van der Waals surface area contributed by atoms with Gasteiger partial charge in [-0.2, -0.15) is 0 Å². The normalized spacial score (nSPS) is 24.6. The first-order valence-electron chi connectivity index (χ1n) is 6.66. The van der Waals surface area contributed by atoms with E-state index in [0.717, 1.165) is 19.5 Å². The van der Waals surface area contributed by atoms with E-state index < -0.39 is 0 Å². The molecule has 1 fully saturated rings. The summed E-state index contributed by atoms with van der Waals surface area (Å²) in [5.41, 5.74) is 5.47. The first kappa shape index (κ1) is 14.3. The van der Waals surface area contributed by atoms with E-state index in [2.05, 4.69) is 26.1 Å². The van der Waals surface area contributed by atoms with Crippen molar-refractivity contribution in [1.82, 2.24) is 10.2 Å². The quantitative estimate of drug-likeness (QED) is 0.791. The second kappa shape index (κ2) is 5.71. The van der Waals surface area contributed by atoms with E-state index in [-0.39, 0.29) is 11.6 Å². The molecule has 4 nitrogen and oxygen atoms in total. The van der Waals surface area contributed by atoms with Crippen LogP contribution >= 0.6 is 0 Å². The predicted octanol–water partition coefficient (Wildman–Crippen LogP) is 1.80. The maximum atomic E-state index is 12.2. The molecule has 0 spiro atoms. The van der Waals surface area contributed by atoms with Gasteiger partial charge in [-0.05, 0) is 31.6 Å². The molecular formula is C13H27N3O. The molecule has 1 aliphatic heterocycles. The standard InChI is InChI=1S/C13H27N3O/c1-10(2)13(4,9-14)15-12(17)16-7-5-6-11(3)8-16/h10-11H,5-9,14H2,1-4H3,(H,15,17). The zero-order chi connectivity index (χ0) is 13.1. The highest BCUT2D eigenvalue weighted by atomic mass is 16.2. The number of piperidine rings is 1. The summed E-state index contributed by atoms with van der Waals surface area (Å²) in [6.07, 6.45) is 2.33. The van der Waals surface area contributed by atoms with E-state index in [4.69, 9.17) is 5.73 Å². The molecule has 1 saturated heterocycles. The number of hydrogen-bond donors (Lipinski definition) is 2. The first-order valence-corrected chi connectivity index (χ1v) is 6.66. The predicted molar refractivity (Wildman–Crippen MR) is 70.8 cm³/mol. The number of nitrogens with zero attached hydrogens (tertiary/aromatic N) is 1. The second-order valence-electron chi connectivity index (χ2n) is 5.90. The van der Waals surface area contributed by atoms with Gasteiger partial charge in [0.05, 0.1) is 5.54 Å². The summed E-state index contributed by atoms with van der Waals surface area (Å²) in [6.45, 7) is 10.6. The Balaban J connectivity index is 2.58. The highest BCUT2D eigenvalue weighted by Crippen LogP contribution is 2.18. The molecule has 0 aliphatic carbocycles. The zero-order valence-electron chi connectivity index (χ0n) is 11.6. The average Bonchev–Trinajstić information content (AvgIpc) is 2.28. The minimum atomic E-state index is -0.308. The van der Waals surface area contributed by atoms with Crippen molar-refractivity contribution in [2.75, 3.05) is 19.6 Å². The summed E-state index contributed by atoms with van der Waals surface area (Å²) in [4.78, 5) is 14.1. The lowest BCUT2D eigenvalue weighted by atomic mass is 9.88. The van der Waals surface area contributed by atoms with Crippen molar-refractivity contribution in [3.63, 3.8) is 0 Å². The minimum absolute atomic E-state index is 0.0400. The van der Waals surface area contributed by atoms with E-state index in [0.29, 0.717) is 18.4 Å². The average molecular weight is 241 g/mol. The lowest BCUT2D eigenvalue weighted by Crippen LogP contribution is -2.59. The third-order valence-electron chi connectivity index (χ3n) is 4.04. The topological polar surface area (TPSA) is 58.4 Å². The molecule has 1 rings (SSSR count). The van der Waals surface area contributed by atoms with Crippen molar-refractivity contribution in [3.05, 3.63) is 0 Å². The SMILES string of the molecule is CC1CCCN(C(=O)NC(C)(CN)C(C)C)C1. The smallest absolute Gasteiger partial charge is 0.317 e. The molecular weight excluding hydrogens is 214 g/mol. The number of nitrogens with one attached hydrogen (secondary N) is 1. The fourth-order valence-electron chi connectivity index (χ4n) is 2.13. The Morgan fingerprint density at radius 3 is 2.71 bits per heavy atom. The molecule has 17 heavy (non-hydrogen) atoms. The third-order valence-corrected chi connectivity index (χ3v) is 4.04. The van der Waals surface area contributed by atoms with Crippen molar-refractivity contribution in [3.8, 4) is 0 Å². The Morgan fingerprint density at radius 2 is 2.24 bits per heavy atom. The van der Waals surface area contributed by atoms with Gasteiger partial charge in [-0.3, -0.25) is 0 Å². The number of hydrogen-bond acceptors (Lipinski definition) is 2. The number of carbonyl (C=O) groups excluding carboxylic acids is 1. The van der Waals surface area contributed by atoms with Crippen LogP contribution in [0.15, 0.2) is 0 Å². The molecule has 0 aromatic rings. The molecule has 0 bridgehead atoms. The van der Waals surface area contributed by atoms with E-state index in [1.807, 2.05) is 11.8 Å². The van der Waals surface area contributed by atoms with Crippen molar-refractivity contribution < 1.29 is 4.79 Å². The van der Waals surface area contributed by atoms with Crippen LogP contribution in [0, 0.1) is 11.8 Å². The van der Waals surface area contributed by atoms with Gasteiger partial charge >= 0.3 is 6.03 Å². The van der Waals surface area contributed by atoms with Gasteiger partial charge in [-0.25, -0.2) is 4.79 Å². The Bertz CT molecular complexity index is 267. The van der Waals surface area contributed by atoms with Gasteiger partial charge in [0.25, 0.3) is 0 Å². The molecule has 1 aliphatic rings. The van der Waals surface area contributed by atoms with Crippen LogP contribution in [0.1, 0.15) is 40.5 Å². The number of amides is 2. The summed E-state index contributed by atoms with van der Waals surface area (Å²) in [6, 6.07) is 0.0400. The van der Waals surface area contributed by atoms with Crippen LogP contribution in [0.2, 0.25) is 0 Å². The molecule has 0 aromatic heterocycles. The minimum Gasteiger partial charge on any atom is -0.331 e. The Hall–Kier alpha value is -0.770. The van der Waals surface area contributed by atoms with Gasteiger partial charge in [-0.1, -0.05) is 20.8 Å². The Kier molecular flexibility index (Phi) is 4.80. The molecule has 3 N–H and O–H groups in total. The molecule has 0 saturated carbocycles. The second-order valence-corrected chi connectivity index (χ2v) is 5.90. The summed E-state index contributed by atoms with van der Waals surface area (Å²) < 4.78 is 0. The molecule has 2 amide bonds. The highest BCUT2D eigenvalue weighted by Gasteiger charge is 2.31. The third kappa shape index (κ3) is 3.60. The Morgan fingerprint density at radius 1 is 1.59 bits per heavy atom. The lowest BCUT2D eigenvalue weighted by Gasteiger charge is -2.38. The van der Waals surface area contributed by atoms with Crippen molar-refractivity contribution >= 4 is 6.03 Å². The van der Waals surface area contributed by atoms with Gasteiger partial charge in [0, 0.05) is 19.6 Å². The fourth-order valence-corrected chi connectivity index (χ4v) is 2.13. The van der Waals surface area contributed by atoms with E-state index in [1.54, 1.807) is 0 Å². The lowest BCUT2D eigenvalue weighted by molar-refractivity contribution is 0.152. The number of carbonyl (C=O) groups is 1. The molecule has 1 heterocycles. The summed E-state index contributed by atoms with van der Waals surface area (Å²) in [7, 11) is 0. The van der Waals surface area contributed by atoms with Gasteiger partial charge in [-0.15, -0.1) is 0 Å². The number of urea groups is 1. The van der Waals surface area contributed by atoms with Crippen LogP contribution < -0.4 is 11.1 Å². The highest BCUT2D eigenvalue weighted by molar-refractivity contribution is 5.75. The number of nitrogens with two attached hydrogens (primary N) is 1.